The number of likely N-dealkylation sites (tertiary alicyclic amines) is 1. The lowest BCUT2D eigenvalue weighted by atomic mass is 10.2. The van der Waals surface area contributed by atoms with E-state index in [1.807, 2.05) is 0 Å². The van der Waals surface area contributed by atoms with Crippen LogP contribution >= 0.6 is 0 Å². The summed E-state index contributed by atoms with van der Waals surface area (Å²) in [5, 5.41) is 0. The summed E-state index contributed by atoms with van der Waals surface area (Å²) in [5.41, 5.74) is 0.793. The number of nitrogens with zero attached hydrogens (tertiary/aromatic N) is 1. The Morgan fingerprint density at radius 2 is 1.81 bits per heavy atom. The quantitative estimate of drug-likeness (QED) is 0.786. The van der Waals surface area contributed by atoms with Crippen molar-refractivity contribution >= 4 is 21.6 Å². The molecule has 1 saturated heterocycles. The average Bonchev–Trinajstić information content (AvgIpc) is 3.17. The van der Waals surface area contributed by atoms with Gasteiger partial charge in [0.2, 0.25) is 10.0 Å². The van der Waals surface area contributed by atoms with Crippen molar-refractivity contribution in [3.63, 3.8) is 0 Å². The highest BCUT2D eigenvalue weighted by Gasteiger charge is 2.20. The molecule has 0 aliphatic carbocycles. The minimum atomic E-state index is -3.65. The summed E-state index contributed by atoms with van der Waals surface area (Å²) >= 11 is 0. The Labute approximate surface area is 158 Å². The van der Waals surface area contributed by atoms with Gasteiger partial charge in [-0.25, -0.2) is 12.8 Å². The number of carbonyl (C=O) groups is 1. The van der Waals surface area contributed by atoms with Gasteiger partial charge < -0.3 is 9.64 Å². The number of carbonyl (C=O) groups excluding carboxylic acids is 1. The van der Waals surface area contributed by atoms with E-state index in [9.17, 15) is 17.6 Å². The Kier molecular flexibility index (Phi) is 5.95. The molecule has 0 atom stereocenters. The van der Waals surface area contributed by atoms with E-state index in [2.05, 4.69) is 4.72 Å². The summed E-state index contributed by atoms with van der Waals surface area (Å²) in [7, 11) is -3.65. The second-order valence-electron chi connectivity index (χ2n) is 6.30. The molecule has 8 heteroatoms. The van der Waals surface area contributed by atoms with E-state index >= 15 is 0 Å². The number of hydrogen-bond donors (Lipinski definition) is 1. The van der Waals surface area contributed by atoms with Crippen molar-refractivity contribution in [2.75, 3.05) is 30.2 Å². The van der Waals surface area contributed by atoms with Crippen LogP contribution in [0.15, 0.2) is 48.5 Å². The summed E-state index contributed by atoms with van der Waals surface area (Å²) < 4.78 is 45.1. The second kappa shape index (κ2) is 8.39. The number of anilines is 1. The Morgan fingerprint density at radius 1 is 1.11 bits per heavy atom. The number of hydrogen-bond acceptors (Lipinski definition) is 4. The van der Waals surface area contributed by atoms with Gasteiger partial charge in [-0.1, -0.05) is 6.07 Å². The molecule has 1 amide bonds. The van der Waals surface area contributed by atoms with Crippen molar-refractivity contribution in [3.05, 3.63) is 59.9 Å². The van der Waals surface area contributed by atoms with E-state index in [1.54, 1.807) is 29.2 Å². The van der Waals surface area contributed by atoms with Gasteiger partial charge in [0.05, 0.1) is 0 Å². The average molecular weight is 392 g/mol. The first-order valence-electron chi connectivity index (χ1n) is 8.71. The molecule has 27 heavy (non-hydrogen) atoms. The van der Waals surface area contributed by atoms with Crippen molar-refractivity contribution in [1.29, 1.82) is 0 Å². The van der Waals surface area contributed by atoms with Gasteiger partial charge in [0.1, 0.15) is 23.9 Å². The Morgan fingerprint density at radius 3 is 2.52 bits per heavy atom. The van der Waals surface area contributed by atoms with Crippen LogP contribution < -0.4 is 9.46 Å². The van der Waals surface area contributed by atoms with Gasteiger partial charge in [-0.3, -0.25) is 9.52 Å². The minimum absolute atomic E-state index is 0.0760. The molecule has 144 valence electrons. The fraction of sp³-hybridized carbons (Fsp3) is 0.316. The summed E-state index contributed by atoms with van der Waals surface area (Å²) in [6.45, 7) is 1.39. The molecule has 2 aromatic rings. The number of amides is 1. The predicted octanol–water partition coefficient (Wildman–Crippen LogP) is 2.88. The lowest BCUT2D eigenvalue weighted by Crippen LogP contribution is -2.27. The molecule has 0 spiro atoms. The smallest absolute Gasteiger partial charge is 0.253 e. The van der Waals surface area contributed by atoms with Crippen LogP contribution in [0.5, 0.6) is 5.75 Å². The first-order chi connectivity index (χ1) is 12.9. The largest absolute Gasteiger partial charge is 0.492 e. The van der Waals surface area contributed by atoms with E-state index in [4.69, 9.17) is 4.74 Å². The van der Waals surface area contributed by atoms with Crippen molar-refractivity contribution in [1.82, 2.24) is 4.90 Å². The zero-order valence-corrected chi connectivity index (χ0v) is 15.5. The molecular formula is C19H21FN2O4S. The molecule has 1 heterocycles. The molecule has 2 aromatic carbocycles. The van der Waals surface area contributed by atoms with Crippen molar-refractivity contribution in [2.45, 2.75) is 12.8 Å². The van der Waals surface area contributed by atoms with Gasteiger partial charge in [-0.15, -0.1) is 0 Å². The van der Waals surface area contributed by atoms with Gasteiger partial charge in [0.25, 0.3) is 5.91 Å². The summed E-state index contributed by atoms with van der Waals surface area (Å²) in [4.78, 5) is 14.2. The summed E-state index contributed by atoms with van der Waals surface area (Å²) in [6, 6.07) is 11.8. The Balaban J connectivity index is 1.57. The van der Waals surface area contributed by atoms with Crippen LogP contribution in [0, 0.1) is 5.82 Å². The topological polar surface area (TPSA) is 75.7 Å². The standard InChI is InChI=1S/C19H21FN2O4S/c20-16-6-8-18(9-7-16)26-12-13-27(24,25)21-17-5-3-4-15(14-17)19(23)22-10-1-2-11-22/h3-9,14,21H,1-2,10-13H2. The Bertz CT molecular complexity index is 894. The van der Waals surface area contributed by atoms with Crippen LogP contribution in [0.3, 0.4) is 0 Å². The maximum absolute atomic E-state index is 12.8. The number of sulfonamides is 1. The van der Waals surface area contributed by atoms with Gasteiger partial charge in [-0.05, 0) is 55.3 Å². The summed E-state index contributed by atoms with van der Waals surface area (Å²) in [6.07, 6.45) is 1.98. The van der Waals surface area contributed by atoms with E-state index in [1.165, 1.54) is 24.3 Å². The third-order valence-corrected chi connectivity index (χ3v) is 5.46. The van der Waals surface area contributed by atoms with Gasteiger partial charge in [-0.2, -0.15) is 0 Å². The molecule has 6 nitrogen and oxygen atoms in total. The van der Waals surface area contributed by atoms with Crippen molar-refractivity contribution in [3.8, 4) is 5.75 Å². The zero-order chi connectivity index (χ0) is 19.3. The van der Waals surface area contributed by atoms with Crippen LogP contribution in [0.4, 0.5) is 10.1 Å². The fourth-order valence-corrected chi connectivity index (χ4v) is 3.74. The highest BCUT2D eigenvalue weighted by Crippen LogP contribution is 2.17. The zero-order valence-electron chi connectivity index (χ0n) is 14.7. The van der Waals surface area contributed by atoms with E-state index < -0.39 is 10.0 Å². The number of benzene rings is 2. The number of nitrogens with one attached hydrogen (secondary N) is 1. The van der Waals surface area contributed by atoms with Crippen molar-refractivity contribution in [2.24, 2.45) is 0 Å². The monoisotopic (exact) mass is 392 g/mol. The fourth-order valence-electron chi connectivity index (χ4n) is 2.85. The Hall–Kier alpha value is -2.61. The van der Waals surface area contributed by atoms with E-state index in [0.717, 1.165) is 25.9 Å². The SMILES string of the molecule is O=C(c1cccc(NS(=O)(=O)CCOc2ccc(F)cc2)c1)N1CCCC1. The minimum Gasteiger partial charge on any atom is -0.492 e. The maximum Gasteiger partial charge on any atom is 0.253 e. The molecule has 1 aliphatic rings. The summed E-state index contributed by atoms with van der Waals surface area (Å²) in [5.74, 6) is -0.354. The molecule has 0 aromatic heterocycles. The molecule has 3 rings (SSSR count). The van der Waals surface area contributed by atoms with Gasteiger partial charge in [0, 0.05) is 24.3 Å². The van der Waals surface area contributed by atoms with Crippen LogP contribution in [0.25, 0.3) is 0 Å². The van der Waals surface area contributed by atoms with Crippen LogP contribution in [-0.2, 0) is 10.0 Å². The maximum atomic E-state index is 12.8. The molecule has 0 radical (unpaired) electrons. The molecule has 0 saturated carbocycles. The van der Waals surface area contributed by atoms with Crippen molar-refractivity contribution < 1.29 is 22.3 Å². The number of ether oxygens (including phenoxy) is 1. The van der Waals surface area contributed by atoms with Gasteiger partial charge in [0.15, 0.2) is 0 Å². The van der Waals surface area contributed by atoms with Gasteiger partial charge >= 0.3 is 0 Å². The third-order valence-electron chi connectivity index (χ3n) is 4.21. The molecule has 0 bridgehead atoms. The highest BCUT2D eigenvalue weighted by atomic mass is 32.2. The molecule has 1 fully saturated rings. The lowest BCUT2D eigenvalue weighted by Gasteiger charge is -2.16. The predicted molar refractivity (Wildman–Crippen MR) is 101 cm³/mol. The van der Waals surface area contributed by atoms with E-state index in [-0.39, 0.29) is 24.1 Å². The molecular weight excluding hydrogens is 371 g/mol. The number of halogens is 1. The normalized spacial score (nSPS) is 14.2. The second-order valence-corrected chi connectivity index (χ2v) is 8.15. The first-order valence-corrected chi connectivity index (χ1v) is 10.4. The van der Waals surface area contributed by atoms with Crippen LogP contribution in [-0.4, -0.2) is 44.7 Å². The van der Waals surface area contributed by atoms with E-state index in [0.29, 0.717) is 17.0 Å². The first kappa shape index (κ1) is 19.2. The third kappa shape index (κ3) is 5.43. The van der Waals surface area contributed by atoms with Crippen LogP contribution in [0.1, 0.15) is 23.2 Å². The molecule has 1 N–H and O–H groups in total. The molecule has 0 unspecified atom stereocenters. The number of rotatable bonds is 7. The highest BCUT2D eigenvalue weighted by molar-refractivity contribution is 7.92. The van der Waals surface area contributed by atoms with Crippen LogP contribution in [0.2, 0.25) is 0 Å². The lowest BCUT2D eigenvalue weighted by molar-refractivity contribution is 0.0793. The molecule has 1 aliphatic heterocycles.